The summed E-state index contributed by atoms with van der Waals surface area (Å²) in [7, 11) is 0. The van der Waals surface area contributed by atoms with E-state index in [-0.39, 0.29) is 23.8 Å². The van der Waals surface area contributed by atoms with Crippen molar-refractivity contribution in [3.63, 3.8) is 0 Å². The lowest BCUT2D eigenvalue weighted by Crippen LogP contribution is -2.41. The minimum atomic E-state index is -0.227. The molecule has 0 radical (unpaired) electrons. The molecule has 0 saturated heterocycles. The fourth-order valence-electron chi connectivity index (χ4n) is 2.24. The molecule has 1 heterocycles. The zero-order valence-corrected chi connectivity index (χ0v) is 10.9. The Labute approximate surface area is 107 Å². The predicted molar refractivity (Wildman–Crippen MR) is 70.3 cm³/mol. The zero-order valence-electron chi connectivity index (χ0n) is 10.9. The highest BCUT2D eigenvalue weighted by molar-refractivity contribution is 6.21. The molecule has 2 amide bonds. The molecule has 0 saturated carbocycles. The van der Waals surface area contributed by atoms with Gasteiger partial charge in [-0.1, -0.05) is 20.3 Å². The molecule has 4 nitrogen and oxygen atoms in total. The number of rotatable bonds is 3. The quantitative estimate of drug-likeness (QED) is 0.657. The Balaban J connectivity index is 2.40. The number of nitrogens with two attached hydrogens (primary N) is 1. The average molecular weight is 246 g/mol. The van der Waals surface area contributed by atoms with Crippen LogP contribution in [0.5, 0.6) is 0 Å². The molecule has 2 unspecified atom stereocenters. The van der Waals surface area contributed by atoms with E-state index in [1.54, 1.807) is 18.2 Å². The van der Waals surface area contributed by atoms with Gasteiger partial charge in [0.05, 0.1) is 11.1 Å². The molecule has 0 bridgehead atoms. The second-order valence-corrected chi connectivity index (χ2v) is 4.91. The predicted octanol–water partition coefficient (Wildman–Crippen LogP) is 2.30. The van der Waals surface area contributed by atoms with Crippen molar-refractivity contribution in [2.24, 2.45) is 5.92 Å². The number of carbonyl (C=O) groups is 2. The van der Waals surface area contributed by atoms with Gasteiger partial charge in [-0.05, 0) is 31.0 Å². The maximum Gasteiger partial charge on any atom is 0.261 e. The van der Waals surface area contributed by atoms with E-state index in [2.05, 4.69) is 6.92 Å². The van der Waals surface area contributed by atoms with Crippen molar-refractivity contribution in [3.05, 3.63) is 29.3 Å². The van der Waals surface area contributed by atoms with Gasteiger partial charge in [0.25, 0.3) is 11.8 Å². The van der Waals surface area contributed by atoms with Crippen LogP contribution in [0.1, 0.15) is 47.9 Å². The minimum Gasteiger partial charge on any atom is -0.399 e. The third-order valence-electron chi connectivity index (χ3n) is 3.82. The first-order valence-electron chi connectivity index (χ1n) is 6.24. The van der Waals surface area contributed by atoms with E-state index in [0.29, 0.717) is 16.8 Å². The third-order valence-corrected chi connectivity index (χ3v) is 3.82. The Morgan fingerprint density at radius 2 is 1.78 bits per heavy atom. The Morgan fingerprint density at radius 3 is 2.39 bits per heavy atom. The molecular formula is C14H18N2O2. The number of hydrogen-bond donors (Lipinski definition) is 1. The van der Waals surface area contributed by atoms with Crippen molar-refractivity contribution >= 4 is 17.5 Å². The number of imide groups is 1. The molecule has 96 valence electrons. The highest BCUT2D eigenvalue weighted by atomic mass is 16.2. The summed E-state index contributed by atoms with van der Waals surface area (Å²) in [6, 6.07) is 4.78. The molecule has 18 heavy (non-hydrogen) atoms. The van der Waals surface area contributed by atoms with E-state index in [1.807, 2.05) is 13.8 Å². The fraction of sp³-hybridized carbons (Fsp3) is 0.429. The van der Waals surface area contributed by atoms with E-state index in [1.165, 1.54) is 4.90 Å². The van der Waals surface area contributed by atoms with Crippen molar-refractivity contribution in [2.45, 2.75) is 33.2 Å². The molecule has 2 rings (SSSR count). The molecule has 1 aromatic rings. The summed E-state index contributed by atoms with van der Waals surface area (Å²) in [5.41, 5.74) is 7.06. The average Bonchev–Trinajstić information content (AvgIpc) is 2.60. The summed E-state index contributed by atoms with van der Waals surface area (Å²) in [6.45, 7) is 6.01. The lowest BCUT2D eigenvalue weighted by molar-refractivity contribution is 0.0550. The van der Waals surface area contributed by atoms with Crippen LogP contribution in [-0.4, -0.2) is 22.8 Å². The van der Waals surface area contributed by atoms with E-state index in [9.17, 15) is 9.59 Å². The van der Waals surface area contributed by atoms with Crippen LogP contribution < -0.4 is 5.73 Å². The van der Waals surface area contributed by atoms with Gasteiger partial charge >= 0.3 is 0 Å². The standard InChI is InChI=1S/C14H18N2O2/c1-4-8(2)9(3)16-13(17)11-6-5-10(15)7-12(11)14(16)18/h5-9H,4,15H2,1-3H3. The second-order valence-electron chi connectivity index (χ2n) is 4.91. The minimum absolute atomic E-state index is 0.0939. The molecule has 0 aliphatic carbocycles. The first-order chi connectivity index (χ1) is 8.47. The monoisotopic (exact) mass is 246 g/mol. The lowest BCUT2D eigenvalue weighted by atomic mass is 9.99. The van der Waals surface area contributed by atoms with Gasteiger partial charge in [0.1, 0.15) is 0 Å². The van der Waals surface area contributed by atoms with Gasteiger partial charge < -0.3 is 5.73 Å². The van der Waals surface area contributed by atoms with Crippen LogP contribution >= 0.6 is 0 Å². The van der Waals surface area contributed by atoms with Gasteiger partial charge in [-0.2, -0.15) is 0 Å². The first-order valence-corrected chi connectivity index (χ1v) is 6.24. The number of amides is 2. The van der Waals surface area contributed by atoms with Gasteiger partial charge in [-0.25, -0.2) is 0 Å². The van der Waals surface area contributed by atoms with Crippen LogP contribution in [-0.2, 0) is 0 Å². The molecule has 0 spiro atoms. The summed E-state index contributed by atoms with van der Waals surface area (Å²) in [4.78, 5) is 25.9. The van der Waals surface area contributed by atoms with E-state index < -0.39 is 0 Å². The van der Waals surface area contributed by atoms with Crippen LogP contribution in [0.15, 0.2) is 18.2 Å². The first kappa shape index (κ1) is 12.6. The normalized spacial score (nSPS) is 17.8. The number of benzene rings is 1. The van der Waals surface area contributed by atoms with Crippen LogP contribution in [0, 0.1) is 5.92 Å². The summed E-state index contributed by atoms with van der Waals surface area (Å²) in [5.74, 6) is -0.151. The highest BCUT2D eigenvalue weighted by Gasteiger charge is 2.39. The Bertz CT molecular complexity index is 511. The van der Waals surface area contributed by atoms with Crippen LogP contribution in [0.25, 0.3) is 0 Å². The molecule has 2 atom stereocenters. The van der Waals surface area contributed by atoms with E-state index in [0.717, 1.165) is 6.42 Å². The summed E-state index contributed by atoms with van der Waals surface area (Å²) < 4.78 is 0. The van der Waals surface area contributed by atoms with E-state index >= 15 is 0 Å². The molecule has 2 N–H and O–H groups in total. The number of hydrogen-bond acceptors (Lipinski definition) is 3. The maximum atomic E-state index is 12.3. The lowest BCUT2D eigenvalue weighted by Gasteiger charge is -2.27. The second kappa shape index (κ2) is 4.44. The Hall–Kier alpha value is -1.84. The van der Waals surface area contributed by atoms with Gasteiger partial charge in [-0.15, -0.1) is 0 Å². The van der Waals surface area contributed by atoms with Crippen LogP contribution in [0.2, 0.25) is 0 Å². The number of nitrogens with zero attached hydrogens (tertiary/aromatic N) is 1. The van der Waals surface area contributed by atoms with Gasteiger partial charge in [0.15, 0.2) is 0 Å². The topological polar surface area (TPSA) is 63.4 Å². The summed E-state index contributed by atoms with van der Waals surface area (Å²) in [6.07, 6.45) is 0.927. The van der Waals surface area contributed by atoms with Crippen molar-refractivity contribution in [1.29, 1.82) is 0 Å². The molecule has 1 aliphatic heterocycles. The van der Waals surface area contributed by atoms with Gasteiger partial charge in [-0.3, -0.25) is 14.5 Å². The number of anilines is 1. The molecule has 4 heteroatoms. The van der Waals surface area contributed by atoms with E-state index in [4.69, 9.17) is 5.73 Å². The van der Waals surface area contributed by atoms with Crippen molar-refractivity contribution < 1.29 is 9.59 Å². The molecule has 0 aromatic heterocycles. The fourth-order valence-corrected chi connectivity index (χ4v) is 2.24. The van der Waals surface area contributed by atoms with Crippen LogP contribution in [0.3, 0.4) is 0 Å². The maximum absolute atomic E-state index is 12.3. The van der Waals surface area contributed by atoms with Gasteiger partial charge in [0.2, 0.25) is 0 Å². The molecule has 1 aromatic carbocycles. The molecule has 0 fully saturated rings. The van der Waals surface area contributed by atoms with Crippen molar-refractivity contribution in [3.8, 4) is 0 Å². The largest absolute Gasteiger partial charge is 0.399 e. The van der Waals surface area contributed by atoms with Gasteiger partial charge in [0, 0.05) is 11.7 Å². The zero-order chi connectivity index (χ0) is 13.4. The van der Waals surface area contributed by atoms with Crippen molar-refractivity contribution in [1.82, 2.24) is 4.90 Å². The Kier molecular flexibility index (Phi) is 3.11. The third kappa shape index (κ3) is 1.78. The SMILES string of the molecule is CCC(C)C(C)N1C(=O)c2ccc(N)cc2C1=O. The number of carbonyl (C=O) groups excluding carboxylic acids is 2. The number of fused-ring (bicyclic) bond motifs is 1. The summed E-state index contributed by atoms with van der Waals surface area (Å²) >= 11 is 0. The van der Waals surface area contributed by atoms with Crippen molar-refractivity contribution in [2.75, 3.05) is 5.73 Å². The smallest absolute Gasteiger partial charge is 0.261 e. The number of nitrogen functional groups attached to an aromatic ring is 1. The molecular weight excluding hydrogens is 228 g/mol. The van der Waals surface area contributed by atoms with Crippen LogP contribution in [0.4, 0.5) is 5.69 Å². The highest BCUT2D eigenvalue weighted by Crippen LogP contribution is 2.29. The molecule has 1 aliphatic rings. The Morgan fingerprint density at radius 1 is 1.17 bits per heavy atom. The summed E-state index contributed by atoms with van der Waals surface area (Å²) in [5, 5.41) is 0.